The van der Waals surface area contributed by atoms with Gasteiger partial charge in [0, 0.05) is 6.04 Å². The highest BCUT2D eigenvalue weighted by Crippen LogP contribution is 2.49. The van der Waals surface area contributed by atoms with Crippen LogP contribution in [0.3, 0.4) is 0 Å². The van der Waals surface area contributed by atoms with E-state index in [1.54, 1.807) is 6.07 Å². The van der Waals surface area contributed by atoms with Crippen LogP contribution in [-0.4, -0.2) is 31.0 Å². The number of hydrogen-bond acceptors (Lipinski definition) is 4. The molecule has 5 heteroatoms. The Bertz CT molecular complexity index is 702. The van der Waals surface area contributed by atoms with Crippen molar-refractivity contribution in [2.45, 2.75) is 45.6 Å². The van der Waals surface area contributed by atoms with Gasteiger partial charge in [0.2, 0.25) is 5.91 Å². The molecule has 1 heterocycles. The second-order valence-corrected chi connectivity index (χ2v) is 8.00. The summed E-state index contributed by atoms with van der Waals surface area (Å²) in [5.41, 5.74) is 1.90. The summed E-state index contributed by atoms with van der Waals surface area (Å²) < 4.78 is 5.28. The van der Waals surface area contributed by atoms with Crippen molar-refractivity contribution in [3.63, 3.8) is 0 Å². The van der Waals surface area contributed by atoms with Crippen LogP contribution in [0, 0.1) is 24.7 Å². The van der Waals surface area contributed by atoms with E-state index in [1.807, 2.05) is 24.0 Å². The Morgan fingerprint density at radius 1 is 1.36 bits per heavy atom. The van der Waals surface area contributed by atoms with Crippen LogP contribution < -0.4 is 15.0 Å². The van der Waals surface area contributed by atoms with E-state index in [0.29, 0.717) is 11.7 Å². The predicted molar refractivity (Wildman–Crippen MR) is 95.6 cm³/mol. The summed E-state index contributed by atoms with van der Waals surface area (Å²) >= 11 is 0. The lowest BCUT2D eigenvalue weighted by Crippen LogP contribution is -2.47. The van der Waals surface area contributed by atoms with Gasteiger partial charge in [-0.1, -0.05) is 12.5 Å². The first-order valence-electron chi connectivity index (χ1n) is 9.35. The molecule has 3 aliphatic rings. The van der Waals surface area contributed by atoms with E-state index < -0.39 is 0 Å². The fraction of sp³-hybridized carbons (Fsp3) is 0.600. The summed E-state index contributed by atoms with van der Waals surface area (Å²) in [6.45, 7) is 4.43. The number of anilines is 1. The molecule has 1 aromatic carbocycles. The maximum atomic E-state index is 12.6. The molecule has 2 saturated carbocycles. The minimum atomic E-state index is -0.315. The number of esters is 1. The first kappa shape index (κ1) is 16.4. The minimum Gasteiger partial charge on any atom is -0.423 e. The van der Waals surface area contributed by atoms with Gasteiger partial charge in [-0.25, -0.2) is 4.79 Å². The summed E-state index contributed by atoms with van der Waals surface area (Å²) in [6, 6.07) is 5.88. The molecule has 4 unspecified atom stereocenters. The molecule has 4 rings (SSSR count). The van der Waals surface area contributed by atoms with E-state index in [1.165, 1.54) is 25.7 Å². The molecule has 5 nitrogen and oxygen atoms in total. The Hall–Kier alpha value is -2.04. The third-order valence-electron chi connectivity index (χ3n) is 6.16. The van der Waals surface area contributed by atoms with E-state index in [0.717, 1.165) is 23.1 Å². The Morgan fingerprint density at radius 2 is 2.20 bits per heavy atom. The van der Waals surface area contributed by atoms with Crippen molar-refractivity contribution >= 4 is 17.6 Å². The maximum absolute atomic E-state index is 12.6. The van der Waals surface area contributed by atoms with Crippen LogP contribution in [0.25, 0.3) is 0 Å². The van der Waals surface area contributed by atoms with Crippen LogP contribution in [0.5, 0.6) is 5.75 Å². The van der Waals surface area contributed by atoms with Gasteiger partial charge in [-0.15, -0.1) is 0 Å². The third-order valence-corrected chi connectivity index (χ3v) is 6.16. The normalized spacial score (nSPS) is 28.5. The number of ether oxygens (including phenoxy) is 1. The van der Waals surface area contributed by atoms with Crippen molar-refractivity contribution in [3.05, 3.63) is 23.8 Å². The standard InChI is InChI=1S/C20H26N2O3/c1-12-3-6-18-17(7-12)22(11-20(24)25-18)10-19(23)21-13(2)16-9-14-4-5-15(16)8-14/h3,6-7,13-16H,4-5,8-11H2,1-2H3,(H,21,23). The molecule has 2 aliphatic carbocycles. The van der Waals surface area contributed by atoms with Crippen LogP contribution in [-0.2, 0) is 9.59 Å². The van der Waals surface area contributed by atoms with Crippen LogP contribution in [0.4, 0.5) is 5.69 Å². The number of aryl methyl sites for hydroxylation is 1. The zero-order valence-electron chi connectivity index (χ0n) is 15.0. The van der Waals surface area contributed by atoms with E-state index in [-0.39, 0.29) is 31.0 Å². The minimum absolute atomic E-state index is 0.0163. The lowest BCUT2D eigenvalue weighted by Gasteiger charge is -2.32. The van der Waals surface area contributed by atoms with Crippen molar-refractivity contribution in [2.75, 3.05) is 18.0 Å². The van der Waals surface area contributed by atoms with Gasteiger partial charge in [-0.2, -0.15) is 0 Å². The largest absolute Gasteiger partial charge is 0.423 e. The van der Waals surface area contributed by atoms with Gasteiger partial charge in [0.25, 0.3) is 0 Å². The van der Waals surface area contributed by atoms with E-state index in [9.17, 15) is 9.59 Å². The second kappa shape index (κ2) is 6.36. The molecule has 4 atom stereocenters. The van der Waals surface area contributed by atoms with Crippen molar-refractivity contribution < 1.29 is 14.3 Å². The zero-order chi connectivity index (χ0) is 17.6. The number of carbonyl (C=O) groups is 2. The Kier molecular flexibility index (Phi) is 4.18. The number of benzene rings is 1. The van der Waals surface area contributed by atoms with Crippen LogP contribution in [0.1, 0.15) is 38.2 Å². The summed E-state index contributed by atoms with van der Waals surface area (Å²) in [5.74, 6) is 2.48. The zero-order valence-corrected chi connectivity index (χ0v) is 15.0. The lowest BCUT2D eigenvalue weighted by molar-refractivity contribution is -0.133. The molecule has 0 saturated heterocycles. The number of rotatable bonds is 4. The smallest absolute Gasteiger partial charge is 0.331 e. The van der Waals surface area contributed by atoms with Crippen LogP contribution >= 0.6 is 0 Å². The molecule has 1 N–H and O–H groups in total. The Balaban J connectivity index is 1.41. The summed E-state index contributed by atoms with van der Waals surface area (Å²) in [5, 5.41) is 3.18. The fourth-order valence-corrected chi connectivity index (χ4v) is 4.98. The van der Waals surface area contributed by atoms with E-state index >= 15 is 0 Å². The van der Waals surface area contributed by atoms with Crippen molar-refractivity contribution in [3.8, 4) is 5.75 Å². The molecular weight excluding hydrogens is 316 g/mol. The summed E-state index contributed by atoms with van der Waals surface area (Å²) in [4.78, 5) is 26.2. The van der Waals surface area contributed by atoms with Gasteiger partial charge in [-0.3, -0.25) is 4.79 Å². The van der Waals surface area contributed by atoms with Gasteiger partial charge in [0.05, 0.1) is 12.2 Å². The number of nitrogens with zero attached hydrogens (tertiary/aromatic N) is 1. The highest BCUT2D eigenvalue weighted by molar-refractivity contribution is 5.89. The van der Waals surface area contributed by atoms with Gasteiger partial charge in [-0.05, 0) is 68.6 Å². The summed E-state index contributed by atoms with van der Waals surface area (Å²) in [6.07, 6.45) is 5.29. The average molecular weight is 342 g/mol. The monoisotopic (exact) mass is 342 g/mol. The molecule has 25 heavy (non-hydrogen) atoms. The number of carbonyl (C=O) groups excluding carboxylic acids is 2. The molecule has 0 aromatic heterocycles. The lowest BCUT2D eigenvalue weighted by atomic mass is 9.84. The molecule has 1 aliphatic heterocycles. The maximum Gasteiger partial charge on any atom is 0.331 e. The number of nitrogens with one attached hydrogen (secondary N) is 1. The molecule has 0 radical (unpaired) electrons. The topological polar surface area (TPSA) is 58.6 Å². The van der Waals surface area contributed by atoms with Gasteiger partial charge >= 0.3 is 5.97 Å². The molecule has 134 valence electrons. The Labute approximate surface area is 148 Å². The first-order valence-corrected chi connectivity index (χ1v) is 9.35. The predicted octanol–water partition coefficient (Wildman–Crippen LogP) is 2.66. The van der Waals surface area contributed by atoms with E-state index in [4.69, 9.17) is 4.74 Å². The molecule has 0 spiro atoms. The molecular formula is C20H26N2O3. The Morgan fingerprint density at radius 3 is 2.92 bits per heavy atom. The molecule has 1 amide bonds. The fourth-order valence-electron chi connectivity index (χ4n) is 4.98. The van der Waals surface area contributed by atoms with E-state index in [2.05, 4.69) is 12.2 Å². The number of hydrogen-bond donors (Lipinski definition) is 1. The quantitative estimate of drug-likeness (QED) is 0.675. The SMILES string of the molecule is Cc1ccc2c(c1)N(CC(=O)NC(C)C1CC3CCC1C3)CC(=O)O2. The molecule has 1 aromatic rings. The number of fused-ring (bicyclic) bond motifs is 3. The second-order valence-electron chi connectivity index (χ2n) is 8.00. The summed E-state index contributed by atoms with van der Waals surface area (Å²) in [7, 11) is 0. The average Bonchev–Trinajstić information content (AvgIpc) is 3.18. The van der Waals surface area contributed by atoms with Gasteiger partial charge in [0.1, 0.15) is 6.54 Å². The van der Waals surface area contributed by atoms with Crippen molar-refractivity contribution in [2.24, 2.45) is 17.8 Å². The van der Waals surface area contributed by atoms with Crippen LogP contribution in [0.15, 0.2) is 18.2 Å². The molecule has 2 fully saturated rings. The number of amides is 1. The molecule has 2 bridgehead atoms. The first-order chi connectivity index (χ1) is 12.0. The third kappa shape index (κ3) is 3.24. The van der Waals surface area contributed by atoms with Gasteiger partial charge < -0.3 is 15.0 Å². The van der Waals surface area contributed by atoms with Crippen LogP contribution in [0.2, 0.25) is 0 Å². The van der Waals surface area contributed by atoms with Crippen molar-refractivity contribution in [1.82, 2.24) is 5.32 Å². The highest BCUT2D eigenvalue weighted by Gasteiger charge is 2.42. The van der Waals surface area contributed by atoms with Crippen molar-refractivity contribution in [1.29, 1.82) is 0 Å². The van der Waals surface area contributed by atoms with Gasteiger partial charge in [0.15, 0.2) is 5.75 Å². The highest BCUT2D eigenvalue weighted by atomic mass is 16.5.